The quantitative estimate of drug-likeness (QED) is 0.429. The Morgan fingerprint density at radius 2 is 1.88 bits per heavy atom. The first-order valence-electron chi connectivity index (χ1n) is 11.6. The second-order valence-corrected chi connectivity index (χ2v) is 10.6. The van der Waals surface area contributed by atoms with E-state index in [2.05, 4.69) is 44.5 Å². The summed E-state index contributed by atoms with van der Waals surface area (Å²) < 4.78 is 22.8. The number of anilines is 2. The van der Waals surface area contributed by atoms with Gasteiger partial charge in [-0.2, -0.15) is 0 Å². The standard InChI is InChI=1S/C25H32N6O2S/c26-10-9-19-6-3-11-31(15-19)16-20-4-1-7-22(12-20)24-14-25(29-18-28-24)30-23-8-2-5-21(13-23)17-34(27,32)33/h1-2,4-5,7-8,12-14,18-19H,3,6,9-11,15-17,26H2,(H2,27,32,33)(H,28,29,30). The van der Waals surface area contributed by atoms with Crippen molar-refractivity contribution >= 4 is 21.5 Å². The molecule has 0 aliphatic carbocycles. The van der Waals surface area contributed by atoms with Gasteiger partial charge in [-0.15, -0.1) is 0 Å². The van der Waals surface area contributed by atoms with Crippen molar-refractivity contribution in [3.05, 3.63) is 72.1 Å². The molecule has 2 aromatic carbocycles. The van der Waals surface area contributed by atoms with Gasteiger partial charge in [0.25, 0.3) is 0 Å². The summed E-state index contributed by atoms with van der Waals surface area (Å²) in [7, 11) is -3.59. The molecule has 1 atom stereocenters. The van der Waals surface area contributed by atoms with E-state index in [0.717, 1.165) is 49.5 Å². The topological polar surface area (TPSA) is 127 Å². The fourth-order valence-corrected chi connectivity index (χ4v) is 5.20. The van der Waals surface area contributed by atoms with E-state index in [0.29, 0.717) is 17.3 Å². The van der Waals surface area contributed by atoms with Crippen LogP contribution in [0.4, 0.5) is 11.5 Å². The van der Waals surface area contributed by atoms with Gasteiger partial charge in [-0.3, -0.25) is 4.90 Å². The number of benzene rings is 2. The van der Waals surface area contributed by atoms with Crippen LogP contribution in [0.25, 0.3) is 11.3 Å². The summed E-state index contributed by atoms with van der Waals surface area (Å²) in [6, 6.07) is 17.5. The molecule has 180 valence electrons. The van der Waals surface area contributed by atoms with Gasteiger partial charge in [-0.1, -0.05) is 30.3 Å². The Morgan fingerprint density at radius 3 is 2.71 bits per heavy atom. The van der Waals surface area contributed by atoms with Crippen LogP contribution in [0, 0.1) is 5.92 Å². The van der Waals surface area contributed by atoms with E-state index >= 15 is 0 Å². The normalized spacial score (nSPS) is 16.9. The maximum Gasteiger partial charge on any atom is 0.213 e. The summed E-state index contributed by atoms with van der Waals surface area (Å²) in [6.07, 6.45) is 5.12. The fraction of sp³-hybridized carbons (Fsp3) is 0.360. The highest BCUT2D eigenvalue weighted by Gasteiger charge is 2.19. The molecule has 1 fully saturated rings. The van der Waals surface area contributed by atoms with Crippen LogP contribution < -0.4 is 16.2 Å². The number of aromatic nitrogens is 2. The van der Waals surface area contributed by atoms with Crippen molar-refractivity contribution in [3.63, 3.8) is 0 Å². The average molecular weight is 481 g/mol. The summed E-state index contributed by atoms with van der Waals surface area (Å²) in [6.45, 7) is 3.90. The minimum atomic E-state index is -3.59. The number of nitrogens with zero attached hydrogens (tertiary/aromatic N) is 3. The van der Waals surface area contributed by atoms with Gasteiger partial charge in [0, 0.05) is 30.4 Å². The molecule has 1 aromatic heterocycles. The summed E-state index contributed by atoms with van der Waals surface area (Å²) in [5, 5.41) is 8.40. The molecular formula is C25H32N6O2S. The molecule has 0 saturated carbocycles. The van der Waals surface area contributed by atoms with Gasteiger partial charge in [-0.05, 0) is 67.6 Å². The lowest BCUT2D eigenvalue weighted by atomic mass is 9.94. The Bertz CT molecular complexity index is 1220. The van der Waals surface area contributed by atoms with Crippen LogP contribution in [0.3, 0.4) is 0 Å². The SMILES string of the molecule is NCCC1CCCN(Cc2cccc(-c3cc(Nc4cccc(CS(N)(=O)=O)c4)ncn3)c2)C1. The predicted molar refractivity (Wildman–Crippen MR) is 136 cm³/mol. The number of primary sulfonamides is 1. The van der Waals surface area contributed by atoms with Crippen molar-refractivity contribution in [2.45, 2.75) is 31.6 Å². The largest absolute Gasteiger partial charge is 0.340 e. The van der Waals surface area contributed by atoms with Gasteiger partial charge < -0.3 is 11.1 Å². The Labute approximate surface area is 201 Å². The Hall–Kier alpha value is -2.85. The van der Waals surface area contributed by atoms with Crippen molar-refractivity contribution < 1.29 is 8.42 Å². The third-order valence-electron chi connectivity index (χ3n) is 6.04. The molecule has 0 spiro atoms. The van der Waals surface area contributed by atoms with Crippen molar-refractivity contribution in [3.8, 4) is 11.3 Å². The number of rotatable bonds is 9. The summed E-state index contributed by atoms with van der Waals surface area (Å²) in [5.74, 6) is 1.11. The van der Waals surface area contributed by atoms with E-state index in [1.54, 1.807) is 18.2 Å². The minimum Gasteiger partial charge on any atom is -0.340 e. The van der Waals surface area contributed by atoms with Crippen LogP contribution in [-0.4, -0.2) is 42.9 Å². The highest BCUT2D eigenvalue weighted by molar-refractivity contribution is 7.88. The number of sulfonamides is 1. The summed E-state index contributed by atoms with van der Waals surface area (Å²) >= 11 is 0. The van der Waals surface area contributed by atoms with Crippen molar-refractivity contribution in [2.24, 2.45) is 16.8 Å². The molecule has 0 bridgehead atoms. The highest BCUT2D eigenvalue weighted by atomic mass is 32.2. The Balaban J connectivity index is 1.46. The molecule has 0 radical (unpaired) electrons. The van der Waals surface area contributed by atoms with Crippen LogP contribution in [-0.2, 0) is 22.3 Å². The minimum absolute atomic E-state index is 0.214. The summed E-state index contributed by atoms with van der Waals surface area (Å²) in [5.41, 5.74) is 10.2. The van der Waals surface area contributed by atoms with Crippen LogP contribution in [0.1, 0.15) is 30.4 Å². The molecular weight excluding hydrogens is 448 g/mol. The molecule has 2 heterocycles. The van der Waals surface area contributed by atoms with Gasteiger partial charge in [-0.25, -0.2) is 23.5 Å². The number of piperidine rings is 1. The zero-order valence-electron chi connectivity index (χ0n) is 19.2. The van der Waals surface area contributed by atoms with E-state index in [9.17, 15) is 8.42 Å². The second-order valence-electron chi connectivity index (χ2n) is 8.94. The average Bonchev–Trinajstić information content (AvgIpc) is 2.79. The number of hydrogen-bond acceptors (Lipinski definition) is 7. The van der Waals surface area contributed by atoms with Gasteiger partial charge in [0.1, 0.15) is 12.1 Å². The van der Waals surface area contributed by atoms with E-state index in [1.165, 1.54) is 24.7 Å². The first kappa shape index (κ1) is 24.3. The predicted octanol–water partition coefficient (Wildman–Crippen LogP) is 3.24. The number of hydrogen-bond donors (Lipinski definition) is 3. The smallest absolute Gasteiger partial charge is 0.213 e. The maximum atomic E-state index is 11.4. The lowest BCUT2D eigenvalue weighted by molar-refractivity contribution is 0.163. The van der Waals surface area contributed by atoms with E-state index in [1.807, 2.05) is 12.1 Å². The first-order chi connectivity index (χ1) is 16.4. The van der Waals surface area contributed by atoms with Gasteiger partial charge >= 0.3 is 0 Å². The van der Waals surface area contributed by atoms with Crippen molar-refractivity contribution in [1.82, 2.24) is 14.9 Å². The first-order valence-corrected chi connectivity index (χ1v) is 13.3. The number of nitrogens with one attached hydrogen (secondary N) is 1. The van der Waals surface area contributed by atoms with Crippen LogP contribution >= 0.6 is 0 Å². The molecule has 8 nitrogen and oxygen atoms in total. The zero-order valence-corrected chi connectivity index (χ0v) is 20.0. The molecule has 1 aliphatic rings. The molecule has 0 amide bonds. The fourth-order valence-electron chi connectivity index (χ4n) is 4.56. The van der Waals surface area contributed by atoms with Crippen LogP contribution in [0.15, 0.2) is 60.9 Å². The van der Waals surface area contributed by atoms with Gasteiger partial charge in [0.05, 0.1) is 11.4 Å². The van der Waals surface area contributed by atoms with Crippen molar-refractivity contribution in [1.29, 1.82) is 0 Å². The lowest BCUT2D eigenvalue weighted by Gasteiger charge is -2.32. The lowest BCUT2D eigenvalue weighted by Crippen LogP contribution is -2.35. The monoisotopic (exact) mass is 480 g/mol. The third kappa shape index (κ3) is 7.07. The van der Waals surface area contributed by atoms with Gasteiger partial charge in [0.2, 0.25) is 10.0 Å². The molecule has 5 N–H and O–H groups in total. The Morgan fingerprint density at radius 1 is 1.06 bits per heavy atom. The van der Waals surface area contributed by atoms with Crippen LogP contribution in [0.2, 0.25) is 0 Å². The Kier molecular flexibility index (Phi) is 7.89. The van der Waals surface area contributed by atoms with E-state index < -0.39 is 10.0 Å². The van der Waals surface area contributed by atoms with Gasteiger partial charge in [0.15, 0.2) is 0 Å². The molecule has 1 unspecified atom stereocenters. The maximum absolute atomic E-state index is 11.4. The zero-order chi connectivity index (χ0) is 24.0. The van der Waals surface area contributed by atoms with Crippen molar-refractivity contribution in [2.75, 3.05) is 25.0 Å². The molecule has 9 heteroatoms. The molecule has 1 aliphatic heterocycles. The number of nitrogens with two attached hydrogens (primary N) is 2. The third-order valence-corrected chi connectivity index (χ3v) is 6.78. The highest BCUT2D eigenvalue weighted by Crippen LogP contribution is 2.25. The van der Waals surface area contributed by atoms with Crippen LogP contribution in [0.5, 0.6) is 0 Å². The molecule has 4 rings (SSSR count). The molecule has 3 aromatic rings. The summed E-state index contributed by atoms with van der Waals surface area (Å²) in [4.78, 5) is 11.3. The second kappa shape index (κ2) is 11.1. The molecule has 1 saturated heterocycles. The number of likely N-dealkylation sites (tertiary alicyclic amines) is 1. The van der Waals surface area contributed by atoms with E-state index in [4.69, 9.17) is 10.9 Å². The van der Waals surface area contributed by atoms with E-state index in [-0.39, 0.29) is 5.75 Å². The molecule has 34 heavy (non-hydrogen) atoms.